The molecular formula is C15H18N2O2S. The third kappa shape index (κ3) is 2.34. The van der Waals surface area contributed by atoms with E-state index in [-0.39, 0.29) is 17.9 Å². The molecule has 0 spiro atoms. The van der Waals surface area contributed by atoms with E-state index in [0.717, 1.165) is 49.3 Å². The standard InChI is InChI=1S/C15H18N2O2S/c1-9-10(5-3-7-19-9)14(18)17-15-12(8-16)11-4-2-6-13(11)20-15/h9-10H,2-7H2,1H3,(H,17,18). The number of carbonyl (C=O) groups excluding carboxylic acids is 1. The summed E-state index contributed by atoms with van der Waals surface area (Å²) in [6, 6.07) is 2.26. The molecule has 1 fully saturated rings. The van der Waals surface area contributed by atoms with Gasteiger partial charge in [0.05, 0.1) is 17.6 Å². The van der Waals surface area contributed by atoms with Crippen LogP contribution in [0.1, 0.15) is 42.2 Å². The Kier molecular flexibility index (Phi) is 3.77. The van der Waals surface area contributed by atoms with Gasteiger partial charge in [-0.25, -0.2) is 0 Å². The summed E-state index contributed by atoms with van der Waals surface area (Å²) in [7, 11) is 0. The van der Waals surface area contributed by atoms with Gasteiger partial charge in [-0.15, -0.1) is 11.3 Å². The first-order valence-electron chi connectivity index (χ1n) is 7.18. The van der Waals surface area contributed by atoms with Gasteiger partial charge in [-0.1, -0.05) is 0 Å². The lowest BCUT2D eigenvalue weighted by atomic mass is 9.94. The number of anilines is 1. The van der Waals surface area contributed by atoms with E-state index in [1.807, 2.05) is 6.92 Å². The number of fused-ring (bicyclic) bond motifs is 1. The van der Waals surface area contributed by atoms with E-state index in [1.54, 1.807) is 11.3 Å². The van der Waals surface area contributed by atoms with Crippen molar-refractivity contribution in [3.8, 4) is 6.07 Å². The summed E-state index contributed by atoms with van der Waals surface area (Å²) in [6.45, 7) is 2.69. The van der Waals surface area contributed by atoms with Crippen LogP contribution in [0.2, 0.25) is 0 Å². The molecule has 2 unspecified atom stereocenters. The minimum Gasteiger partial charge on any atom is -0.378 e. The van der Waals surface area contributed by atoms with E-state index in [9.17, 15) is 10.1 Å². The minimum atomic E-state index is -0.104. The molecule has 3 rings (SSSR count). The highest BCUT2D eigenvalue weighted by Gasteiger charge is 2.30. The molecule has 0 saturated carbocycles. The molecule has 1 aliphatic carbocycles. The van der Waals surface area contributed by atoms with E-state index < -0.39 is 0 Å². The number of carbonyl (C=O) groups is 1. The van der Waals surface area contributed by atoms with Crippen molar-refractivity contribution in [3.05, 3.63) is 16.0 Å². The van der Waals surface area contributed by atoms with Gasteiger partial charge in [0, 0.05) is 11.5 Å². The number of nitrogens with zero attached hydrogens (tertiary/aromatic N) is 1. The van der Waals surface area contributed by atoms with Gasteiger partial charge >= 0.3 is 0 Å². The summed E-state index contributed by atoms with van der Waals surface area (Å²) >= 11 is 1.57. The fourth-order valence-electron chi connectivity index (χ4n) is 3.08. The van der Waals surface area contributed by atoms with Crippen LogP contribution in [0.4, 0.5) is 5.00 Å². The molecule has 1 N–H and O–H groups in total. The lowest BCUT2D eigenvalue weighted by Gasteiger charge is -2.27. The molecule has 20 heavy (non-hydrogen) atoms. The third-order valence-corrected chi connectivity index (χ3v) is 5.42. The summed E-state index contributed by atoms with van der Waals surface area (Å²) in [4.78, 5) is 13.6. The molecule has 1 saturated heterocycles. The number of ether oxygens (including phenoxy) is 1. The molecule has 1 aromatic rings. The van der Waals surface area contributed by atoms with Crippen LogP contribution in [0.25, 0.3) is 0 Å². The molecular weight excluding hydrogens is 272 g/mol. The van der Waals surface area contributed by atoms with Crippen LogP contribution in [0.5, 0.6) is 0 Å². The summed E-state index contributed by atoms with van der Waals surface area (Å²) in [5.41, 5.74) is 1.83. The van der Waals surface area contributed by atoms with Gasteiger partial charge in [-0.3, -0.25) is 4.79 Å². The second kappa shape index (κ2) is 5.55. The zero-order valence-electron chi connectivity index (χ0n) is 11.6. The van der Waals surface area contributed by atoms with Crippen LogP contribution in [0.3, 0.4) is 0 Å². The van der Waals surface area contributed by atoms with E-state index in [4.69, 9.17) is 4.74 Å². The van der Waals surface area contributed by atoms with Crippen LogP contribution in [-0.4, -0.2) is 18.6 Å². The minimum absolute atomic E-state index is 0.00590. The Bertz CT molecular complexity index is 573. The molecule has 0 bridgehead atoms. The Hall–Kier alpha value is -1.38. The SMILES string of the molecule is CC1OCCCC1C(=O)Nc1sc2c(c1C#N)CCC2. The Morgan fingerprint density at radius 2 is 2.30 bits per heavy atom. The number of hydrogen-bond donors (Lipinski definition) is 1. The highest BCUT2D eigenvalue weighted by molar-refractivity contribution is 7.16. The second-order valence-corrected chi connectivity index (χ2v) is 6.59. The molecule has 2 aliphatic rings. The van der Waals surface area contributed by atoms with Crippen molar-refractivity contribution < 1.29 is 9.53 Å². The van der Waals surface area contributed by atoms with Gasteiger partial charge in [-0.05, 0) is 44.6 Å². The Balaban J connectivity index is 1.78. The molecule has 1 amide bonds. The van der Waals surface area contributed by atoms with Crippen LogP contribution in [0, 0.1) is 17.2 Å². The number of rotatable bonds is 2. The van der Waals surface area contributed by atoms with E-state index in [2.05, 4.69) is 11.4 Å². The van der Waals surface area contributed by atoms with E-state index in [1.165, 1.54) is 4.88 Å². The predicted octanol–water partition coefficient (Wildman–Crippen LogP) is 2.86. The summed E-state index contributed by atoms with van der Waals surface area (Å²) < 4.78 is 5.54. The molecule has 0 radical (unpaired) electrons. The number of nitriles is 1. The van der Waals surface area contributed by atoms with Gasteiger partial charge in [0.25, 0.3) is 0 Å². The zero-order chi connectivity index (χ0) is 14.1. The average molecular weight is 290 g/mol. The first-order chi connectivity index (χ1) is 9.70. The molecule has 0 aromatic carbocycles. The van der Waals surface area contributed by atoms with Crippen molar-refractivity contribution in [2.45, 2.75) is 45.1 Å². The topological polar surface area (TPSA) is 62.1 Å². The largest absolute Gasteiger partial charge is 0.378 e. The van der Waals surface area contributed by atoms with Crippen LogP contribution >= 0.6 is 11.3 Å². The summed E-state index contributed by atoms with van der Waals surface area (Å²) in [6.07, 6.45) is 4.87. The van der Waals surface area contributed by atoms with E-state index >= 15 is 0 Å². The van der Waals surface area contributed by atoms with Gasteiger partial charge in [0.2, 0.25) is 5.91 Å². The average Bonchev–Trinajstić information content (AvgIpc) is 2.99. The third-order valence-electron chi connectivity index (χ3n) is 4.21. The fraction of sp³-hybridized carbons (Fsp3) is 0.600. The second-order valence-electron chi connectivity index (χ2n) is 5.49. The predicted molar refractivity (Wildman–Crippen MR) is 77.8 cm³/mol. The van der Waals surface area contributed by atoms with Crippen molar-refractivity contribution >= 4 is 22.2 Å². The monoisotopic (exact) mass is 290 g/mol. The van der Waals surface area contributed by atoms with Gasteiger partial charge in [-0.2, -0.15) is 5.26 Å². The highest BCUT2D eigenvalue weighted by Crippen LogP contribution is 2.39. The number of hydrogen-bond acceptors (Lipinski definition) is 4. The molecule has 106 valence electrons. The summed E-state index contributed by atoms with van der Waals surface area (Å²) in [5.74, 6) is -0.110. The van der Waals surface area contributed by atoms with Crippen molar-refractivity contribution in [3.63, 3.8) is 0 Å². The van der Waals surface area contributed by atoms with E-state index in [0.29, 0.717) is 5.56 Å². The first-order valence-corrected chi connectivity index (χ1v) is 7.99. The maximum Gasteiger partial charge on any atom is 0.230 e. The van der Waals surface area contributed by atoms with Gasteiger partial charge in [0.1, 0.15) is 11.1 Å². The van der Waals surface area contributed by atoms with Crippen molar-refractivity contribution in [1.82, 2.24) is 0 Å². The molecule has 2 heterocycles. The Morgan fingerprint density at radius 1 is 1.45 bits per heavy atom. The maximum absolute atomic E-state index is 12.4. The van der Waals surface area contributed by atoms with Crippen LogP contribution in [0.15, 0.2) is 0 Å². The number of aryl methyl sites for hydroxylation is 1. The number of amides is 1. The van der Waals surface area contributed by atoms with Gasteiger partial charge < -0.3 is 10.1 Å². The quantitative estimate of drug-likeness (QED) is 0.911. The van der Waals surface area contributed by atoms with Crippen molar-refractivity contribution in [1.29, 1.82) is 5.26 Å². The molecule has 4 nitrogen and oxygen atoms in total. The normalized spacial score (nSPS) is 25.0. The van der Waals surface area contributed by atoms with Crippen LogP contribution in [-0.2, 0) is 22.4 Å². The zero-order valence-corrected chi connectivity index (χ0v) is 12.4. The highest BCUT2D eigenvalue weighted by atomic mass is 32.1. The lowest BCUT2D eigenvalue weighted by molar-refractivity contribution is -0.127. The molecule has 5 heteroatoms. The van der Waals surface area contributed by atoms with Gasteiger partial charge in [0.15, 0.2) is 0 Å². The van der Waals surface area contributed by atoms with Crippen molar-refractivity contribution in [2.24, 2.45) is 5.92 Å². The smallest absolute Gasteiger partial charge is 0.230 e. The lowest BCUT2D eigenvalue weighted by Crippen LogP contribution is -2.36. The van der Waals surface area contributed by atoms with Crippen molar-refractivity contribution in [2.75, 3.05) is 11.9 Å². The molecule has 1 aliphatic heterocycles. The Morgan fingerprint density at radius 3 is 3.05 bits per heavy atom. The fourth-order valence-corrected chi connectivity index (χ4v) is 4.33. The summed E-state index contributed by atoms with van der Waals surface area (Å²) in [5, 5.41) is 13.0. The first kappa shape index (κ1) is 13.6. The Labute approximate surface area is 122 Å². The number of nitrogens with one attached hydrogen (secondary N) is 1. The number of thiophene rings is 1. The van der Waals surface area contributed by atoms with Crippen LogP contribution < -0.4 is 5.32 Å². The molecule has 2 atom stereocenters. The molecule has 1 aromatic heterocycles. The maximum atomic E-state index is 12.4.